The minimum Gasteiger partial charge on any atom is -0.465 e. The molecule has 0 aliphatic heterocycles. The van der Waals surface area contributed by atoms with Crippen molar-refractivity contribution in [3.63, 3.8) is 0 Å². The van der Waals surface area contributed by atoms with Gasteiger partial charge in [0.25, 0.3) is 0 Å². The number of rotatable bonds is 13. The SMILES string of the molecule is CCOC(=O)CN(C)C(=O)[C@H](CCC(=O)C=N)NC(=O)[C@H](Cc1c[nH]c2ccccc12)NC(C)=O. The van der Waals surface area contributed by atoms with Crippen LogP contribution in [0.4, 0.5) is 0 Å². The van der Waals surface area contributed by atoms with E-state index >= 15 is 0 Å². The van der Waals surface area contributed by atoms with Gasteiger partial charge in [-0.2, -0.15) is 0 Å². The first-order valence-corrected chi connectivity index (χ1v) is 11.2. The Hall–Kier alpha value is -4.02. The fourth-order valence-electron chi connectivity index (χ4n) is 3.61. The molecule has 0 fully saturated rings. The number of Topliss-reactive ketones (excluding diaryl/α,β-unsaturated/α-hetero) is 1. The second kappa shape index (κ2) is 13.0. The van der Waals surface area contributed by atoms with Crippen LogP contribution in [-0.4, -0.2) is 77.9 Å². The Balaban J connectivity index is 2.22. The first-order valence-electron chi connectivity index (χ1n) is 11.2. The molecule has 0 saturated carbocycles. The fourth-order valence-corrected chi connectivity index (χ4v) is 3.61. The molecular formula is C24H31N5O6. The predicted octanol–water partition coefficient (Wildman–Crippen LogP) is 0.720. The summed E-state index contributed by atoms with van der Waals surface area (Å²) in [4.78, 5) is 65.7. The van der Waals surface area contributed by atoms with E-state index in [1.54, 1.807) is 13.1 Å². The molecule has 2 rings (SSSR count). The maximum atomic E-state index is 13.2. The first-order chi connectivity index (χ1) is 16.7. The fraction of sp³-hybridized carbons (Fsp3) is 0.417. The van der Waals surface area contributed by atoms with Crippen molar-refractivity contribution in [2.45, 2.75) is 45.2 Å². The first kappa shape index (κ1) is 27.2. The Morgan fingerprint density at radius 1 is 1.14 bits per heavy atom. The van der Waals surface area contributed by atoms with Crippen molar-refractivity contribution in [3.8, 4) is 0 Å². The molecule has 0 spiro atoms. The number of carbonyl (C=O) groups is 5. The van der Waals surface area contributed by atoms with Gasteiger partial charge in [-0.15, -0.1) is 0 Å². The van der Waals surface area contributed by atoms with Crippen LogP contribution in [0.3, 0.4) is 0 Å². The van der Waals surface area contributed by atoms with E-state index in [-0.39, 0.29) is 32.4 Å². The summed E-state index contributed by atoms with van der Waals surface area (Å²) < 4.78 is 4.86. The molecule has 35 heavy (non-hydrogen) atoms. The van der Waals surface area contributed by atoms with Crippen LogP contribution in [0.1, 0.15) is 32.3 Å². The van der Waals surface area contributed by atoms with Crippen molar-refractivity contribution in [1.82, 2.24) is 20.5 Å². The maximum absolute atomic E-state index is 13.2. The van der Waals surface area contributed by atoms with Crippen molar-refractivity contribution in [1.29, 1.82) is 5.41 Å². The van der Waals surface area contributed by atoms with Gasteiger partial charge in [0.15, 0.2) is 5.78 Å². The lowest BCUT2D eigenvalue weighted by Crippen LogP contribution is -2.55. The second-order valence-electron chi connectivity index (χ2n) is 8.03. The lowest BCUT2D eigenvalue weighted by Gasteiger charge is -2.26. The molecule has 2 atom stereocenters. The molecule has 4 N–H and O–H groups in total. The number of para-hydroxylation sites is 1. The summed E-state index contributed by atoms with van der Waals surface area (Å²) in [6, 6.07) is 5.38. The smallest absolute Gasteiger partial charge is 0.325 e. The van der Waals surface area contributed by atoms with Gasteiger partial charge in [0.05, 0.1) is 12.8 Å². The van der Waals surface area contributed by atoms with Crippen molar-refractivity contribution in [2.24, 2.45) is 0 Å². The topological polar surface area (TPSA) is 162 Å². The molecule has 1 heterocycles. The van der Waals surface area contributed by atoms with Gasteiger partial charge >= 0.3 is 5.97 Å². The lowest BCUT2D eigenvalue weighted by atomic mass is 10.0. The van der Waals surface area contributed by atoms with Crippen molar-refractivity contribution in [3.05, 3.63) is 36.0 Å². The Morgan fingerprint density at radius 2 is 1.86 bits per heavy atom. The largest absolute Gasteiger partial charge is 0.465 e. The molecule has 0 saturated heterocycles. The number of aromatic nitrogens is 1. The third-order valence-corrected chi connectivity index (χ3v) is 5.30. The highest BCUT2D eigenvalue weighted by molar-refractivity contribution is 6.26. The van der Waals surface area contributed by atoms with E-state index < -0.39 is 41.6 Å². The number of ether oxygens (including phenoxy) is 1. The number of hydrogen-bond acceptors (Lipinski definition) is 7. The zero-order valence-corrected chi connectivity index (χ0v) is 20.1. The molecule has 11 nitrogen and oxygen atoms in total. The van der Waals surface area contributed by atoms with Crippen LogP contribution in [0.25, 0.3) is 10.9 Å². The van der Waals surface area contributed by atoms with E-state index in [2.05, 4.69) is 15.6 Å². The average molecular weight is 486 g/mol. The number of likely N-dealkylation sites (N-methyl/N-ethyl adjacent to an activating group) is 1. The van der Waals surface area contributed by atoms with E-state index in [1.165, 1.54) is 14.0 Å². The van der Waals surface area contributed by atoms with E-state index in [4.69, 9.17) is 10.1 Å². The number of H-pyrrole nitrogens is 1. The number of aromatic amines is 1. The van der Waals surface area contributed by atoms with Gasteiger partial charge in [0, 0.05) is 43.9 Å². The Bertz CT molecular complexity index is 1100. The van der Waals surface area contributed by atoms with Gasteiger partial charge < -0.3 is 30.7 Å². The molecule has 11 heteroatoms. The van der Waals surface area contributed by atoms with E-state index in [0.717, 1.165) is 21.4 Å². The second-order valence-corrected chi connectivity index (χ2v) is 8.03. The average Bonchev–Trinajstić information content (AvgIpc) is 3.23. The van der Waals surface area contributed by atoms with Crippen LogP contribution in [0.15, 0.2) is 30.5 Å². The maximum Gasteiger partial charge on any atom is 0.325 e. The van der Waals surface area contributed by atoms with Gasteiger partial charge in [-0.25, -0.2) is 0 Å². The molecule has 0 aliphatic rings. The van der Waals surface area contributed by atoms with Crippen LogP contribution in [-0.2, 0) is 35.1 Å². The number of benzene rings is 1. The van der Waals surface area contributed by atoms with Crippen molar-refractivity contribution < 1.29 is 28.7 Å². The van der Waals surface area contributed by atoms with E-state index in [1.807, 2.05) is 24.3 Å². The van der Waals surface area contributed by atoms with Gasteiger partial charge in [-0.05, 0) is 25.0 Å². The Kier molecular flexibility index (Phi) is 10.1. The minimum atomic E-state index is -1.15. The van der Waals surface area contributed by atoms with Crippen molar-refractivity contribution in [2.75, 3.05) is 20.2 Å². The minimum absolute atomic E-state index is 0.0776. The zero-order valence-electron chi connectivity index (χ0n) is 20.1. The van der Waals surface area contributed by atoms with Crippen LogP contribution in [0, 0.1) is 5.41 Å². The van der Waals surface area contributed by atoms with Gasteiger partial charge in [-0.1, -0.05) is 18.2 Å². The molecular weight excluding hydrogens is 454 g/mol. The number of nitrogens with zero attached hydrogens (tertiary/aromatic N) is 1. The standard InChI is InChI=1S/C24H31N5O6/c1-4-35-22(32)14-29(3)24(34)20(10-9-17(31)12-25)28-23(33)21(27-15(2)30)11-16-13-26-19-8-6-5-7-18(16)19/h5-8,12-13,20-21,25-26H,4,9-11,14H2,1-3H3,(H,27,30)(H,28,33)/t20-,21-/m0/s1. The number of carbonyl (C=O) groups excluding carboxylic acids is 5. The number of nitrogens with one attached hydrogen (secondary N) is 4. The summed E-state index contributed by atoms with van der Waals surface area (Å²) in [6.45, 7) is 2.75. The lowest BCUT2D eigenvalue weighted by molar-refractivity contribution is -0.149. The van der Waals surface area contributed by atoms with Crippen LogP contribution >= 0.6 is 0 Å². The zero-order chi connectivity index (χ0) is 26.0. The van der Waals surface area contributed by atoms with Crippen LogP contribution in [0.2, 0.25) is 0 Å². The Morgan fingerprint density at radius 3 is 2.51 bits per heavy atom. The molecule has 188 valence electrons. The Labute approximate surface area is 203 Å². The monoisotopic (exact) mass is 485 g/mol. The van der Waals surface area contributed by atoms with E-state index in [0.29, 0.717) is 6.21 Å². The van der Waals surface area contributed by atoms with Gasteiger partial charge in [0.2, 0.25) is 17.7 Å². The van der Waals surface area contributed by atoms with Crippen molar-refractivity contribution >= 4 is 46.6 Å². The van der Waals surface area contributed by atoms with E-state index in [9.17, 15) is 24.0 Å². The number of amides is 3. The number of hydrogen-bond donors (Lipinski definition) is 4. The summed E-state index contributed by atoms with van der Waals surface area (Å²) in [5.41, 5.74) is 1.68. The summed E-state index contributed by atoms with van der Waals surface area (Å²) in [5.74, 6) is -2.76. The summed E-state index contributed by atoms with van der Waals surface area (Å²) in [7, 11) is 1.38. The highest BCUT2D eigenvalue weighted by atomic mass is 16.5. The third kappa shape index (κ3) is 8.05. The number of esters is 1. The van der Waals surface area contributed by atoms with Gasteiger partial charge in [0.1, 0.15) is 18.6 Å². The third-order valence-electron chi connectivity index (χ3n) is 5.30. The highest BCUT2D eigenvalue weighted by Gasteiger charge is 2.29. The molecule has 1 aromatic heterocycles. The van der Waals surface area contributed by atoms with Crippen LogP contribution in [0.5, 0.6) is 0 Å². The molecule has 1 aromatic carbocycles. The molecule has 0 bridgehead atoms. The molecule has 0 radical (unpaired) electrons. The number of ketones is 1. The molecule has 2 aromatic rings. The molecule has 0 unspecified atom stereocenters. The van der Waals surface area contributed by atoms with Crippen LogP contribution < -0.4 is 10.6 Å². The van der Waals surface area contributed by atoms with Gasteiger partial charge in [-0.3, -0.25) is 24.0 Å². The molecule has 0 aliphatic carbocycles. The summed E-state index contributed by atoms with van der Waals surface area (Å²) >= 11 is 0. The molecule has 3 amide bonds. The predicted molar refractivity (Wildman–Crippen MR) is 129 cm³/mol. The quantitative estimate of drug-likeness (QED) is 0.241. The normalized spacial score (nSPS) is 12.3. The number of fused-ring (bicyclic) bond motifs is 1. The summed E-state index contributed by atoms with van der Waals surface area (Å²) in [6.07, 6.45) is 2.33. The highest BCUT2D eigenvalue weighted by Crippen LogP contribution is 2.19. The summed E-state index contributed by atoms with van der Waals surface area (Å²) in [5, 5.41) is 13.2.